The number of carbonyl (C=O) groups is 1. The van der Waals surface area contributed by atoms with Gasteiger partial charge in [0.1, 0.15) is 11.3 Å². The molecule has 1 amide bonds. The lowest BCUT2D eigenvalue weighted by atomic mass is 10.2. The van der Waals surface area contributed by atoms with Crippen LogP contribution in [0.25, 0.3) is 11.2 Å². The summed E-state index contributed by atoms with van der Waals surface area (Å²) in [5, 5.41) is 3.00. The van der Waals surface area contributed by atoms with Gasteiger partial charge in [0.15, 0.2) is 5.65 Å². The molecule has 1 N–H and O–H groups in total. The molecule has 5 nitrogen and oxygen atoms in total. The van der Waals surface area contributed by atoms with Crippen molar-refractivity contribution in [3.05, 3.63) is 60.0 Å². The molecule has 2 heterocycles. The zero-order valence-electron chi connectivity index (χ0n) is 12.8. The summed E-state index contributed by atoms with van der Waals surface area (Å²) in [7, 11) is 0. The summed E-state index contributed by atoms with van der Waals surface area (Å²) in [5.74, 6) is 1.19. The highest BCUT2D eigenvalue weighted by Crippen LogP contribution is 2.28. The number of nitrogens with one attached hydrogen (secondary N) is 1. The average Bonchev–Trinajstić information content (AvgIpc) is 3.38. The maximum absolute atomic E-state index is 11.9. The number of aromatic nitrogens is 3. The number of rotatable bonds is 5. The SMILES string of the molecule is O=C(NCc1nc2cccnc2n1Cc1ccccc1)C1CC1. The van der Waals surface area contributed by atoms with Gasteiger partial charge in [0.25, 0.3) is 0 Å². The van der Waals surface area contributed by atoms with Crippen molar-refractivity contribution >= 4 is 17.1 Å². The lowest BCUT2D eigenvalue weighted by Crippen LogP contribution is -2.26. The molecule has 23 heavy (non-hydrogen) atoms. The smallest absolute Gasteiger partial charge is 0.223 e. The Morgan fingerprint density at radius 3 is 2.78 bits per heavy atom. The molecule has 5 heteroatoms. The molecule has 2 aromatic heterocycles. The van der Waals surface area contributed by atoms with Gasteiger partial charge >= 0.3 is 0 Å². The van der Waals surface area contributed by atoms with E-state index >= 15 is 0 Å². The Labute approximate surface area is 134 Å². The Hall–Kier alpha value is -2.69. The van der Waals surface area contributed by atoms with Crippen molar-refractivity contribution in [3.63, 3.8) is 0 Å². The molecular weight excluding hydrogens is 288 g/mol. The first-order valence-electron chi connectivity index (χ1n) is 7.93. The van der Waals surface area contributed by atoms with Crippen LogP contribution in [0.15, 0.2) is 48.7 Å². The second kappa shape index (κ2) is 5.83. The molecule has 0 bridgehead atoms. The summed E-state index contributed by atoms with van der Waals surface area (Å²) < 4.78 is 2.08. The first-order chi connectivity index (χ1) is 11.3. The van der Waals surface area contributed by atoms with Gasteiger partial charge in [-0.3, -0.25) is 4.79 Å². The Bertz CT molecular complexity index is 837. The molecule has 0 spiro atoms. The zero-order chi connectivity index (χ0) is 15.6. The maximum Gasteiger partial charge on any atom is 0.223 e. The number of fused-ring (bicyclic) bond motifs is 1. The highest BCUT2D eigenvalue weighted by molar-refractivity contribution is 5.80. The minimum absolute atomic E-state index is 0.135. The number of nitrogens with zero attached hydrogens (tertiary/aromatic N) is 3. The predicted molar refractivity (Wildman–Crippen MR) is 87.6 cm³/mol. The number of imidazole rings is 1. The second-order valence-corrected chi connectivity index (χ2v) is 5.94. The molecule has 1 aromatic carbocycles. The van der Waals surface area contributed by atoms with E-state index in [1.165, 1.54) is 5.56 Å². The molecule has 3 aromatic rings. The standard InChI is InChI=1S/C18H18N4O/c23-18(14-8-9-14)20-11-16-21-15-7-4-10-19-17(15)22(16)12-13-5-2-1-3-6-13/h1-7,10,14H,8-9,11-12H2,(H,20,23). The number of hydrogen-bond acceptors (Lipinski definition) is 3. The Morgan fingerprint density at radius 2 is 2.00 bits per heavy atom. The van der Waals surface area contributed by atoms with Crippen LogP contribution in [0, 0.1) is 5.92 Å². The molecule has 0 unspecified atom stereocenters. The molecule has 1 aliphatic carbocycles. The third kappa shape index (κ3) is 2.95. The van der Waals surface area contributed by atoms with Crippen LogP contribution in [0.3, 0.4) is 0 Å². The normalized spacial score (nSPS) is 14.1. The minimum atomic E-state index is 0.135. The van der Waals surface area contributed by atoms with Crippen LogP contribution in [0.2, 0.25) is 0 Å². The number of carbonyl (C=O) groups excluding carboxylic acids is 1. The molecule has 4 rings (SSSR count). The van der Waals surface area contributed by atoms with E-state index in [0.29, 0.717) is 13.1 Å². The molecular formula is C18H18N4O. The monoisotopic (exact) mass is 306 g/mol. The van der Waals surface area contributed by atoms with Crippen LogP contribution in [-0.4, -0.2) is 20.4 Å². The van der Waals surface area contributed by atoms with Crippen LogP contribution in [0.1, 0.15) is 24.2 Å². The molecule has 1 aliphatic rings. The fourth-order valence-electron chi connectivity index (χ4n) is 2.73. The topological polar surface area (TPSA) is 59.8 Å². The van der Waals surface area contributed by atoms with Crippen LogP contribution in [-0.2, 0) is 17.9 Å². The van der Waals surface area contributed by atoms with E-state index in [1.807, 2.05) is 30.3 Å². The van der Waals surface area contributed by atoms with E-state index in [9.17, 15) is 4.79 Å². The van der Waals surface area contributed by atoms with Crippen molar-refractivity contribution < 1.29 is 4.79 Å². The van der Waals surface area contributed by atoms with Crippen molar-refractivity contribution in [2.24, 2.45) is 5.92 Å². The summed E-state index contributed by atoms with van der Waals surface area (Å²) in [4.78, 5) is 21.0. The van der Waals surface area contributed by atoms with Gasteiger partial charge in [0.05, 0.1) is 13.1 Å². The Balaban J connectivity index is 1.64. The van der Waals surface area contributed by atoms with E-state index in [2.05, 4.69) is 32.0 Å². The fourth-order valence-corrected chi connectivity index (χ4v) is 2.73. The molecule has 0 aliphatic heterocycles. The van der Waals surface area contributed by atoms with E-state index in [1.54, 1.807) is 6.20 Å². The zero-order valence-corrected chi connectivity index (χ0v) is 12.8. The van der Waals surface area contributed by atoms with Crippen LogP contribution >= 0.6 is 0 Å². The second-order valence-electron chi connectivity index (χ2n) is 5.94. The van der Waals surface area contributed by atoms with Crippen molar-refractivity contribution in [3.8, 4) is 0 Å². The highest BCUT2D eigenvalue weighted by atomic mass is 16.2. The van der Waals surface area contributed by atoms with Crippen molar-refractivity contribution in [2.45, 2.75) is 25.9 Å². The number of pyridine rings is 1. The van der Waals surface area contributed by atoms with Crippen LogP contribution < -0.4 is 5.32 Å². The number of hydrogen-bond donors (Lipinski definition) is 1. The highest BCUT2D eigenvalue weighted by Gasteiger charge is 2.29. The van der Waals surface area contributed by atoms with E-state index in [-0.39, 0.29) is 11.8 Å². The minimum Gasteiger partial charge on any atom is -0.349 e. The van der Waals surface area contributed by atoms with Gasteiger partial charge in [-0.25, -0.2) is 9.97 Å². The summed E-state index contributed by atoms with van der Waals surface area (Å²) in [6.45, 7) is 1.14. The van der Waals surface area contributed by atoms with Crippen molar-refractivity contribution in [2.75, 3.05) is 0 Å². The summed E-state index contributed by atoms with van der Waals surface area (Å²) in [5.41, 5.74) is 2.90. The number of amides is 1. The fraction of sp³-hybridized carbons (Fsp3) is 0.278. The largest absolute Gasteiger partial charge is 0.349 e. The Kier molecular flexibility index (Phi) is 3.54. The van der Waals surface area contributed by atoms with Gasteiger partial charge in [0.2, 0.25) is 5.91 Å². The first kappa shape index (κ1) is 13.9. The van der Waals surface area contributed by atoms with E-state index in [0.717, 1.165) is 29.8 Å². The number of benzene rings is 1. The molecule has 1 fully saturated rings. The van der Waals surface area contributed by atoms with Crippen molar-refractivity contribution in [1.29, 1.82) is 0 Å². The van der Waals surface area contributed by atoms with Gasteiger partial charge in [0, 0.05) is 12.1 Å². The average molecular weight is 306 g/mol. The molecule has 1 saturated carbocycles. The van der Waals surface area contributed by atoms with E-state index < -0.39 is 0 Å². The third-order valence-electron chi connectivity index (χ3n) is 4.14. The van der Waals surface area contributed by atoms with Gasteiger partial charge in [-0.15, -0.1) is 0 Å². The lowest BCUT2D eigenvalue weighted by Gasteiger charge is -2.09. The molecule has 0 saturated heterocycles. The van der Waals surface area contributed by atoms with Crippen molar-refractivity contribution in [1.82, 2.24) is 19.9 Å². The predicted octanol–water partition coefficient (Wildman–Crippen LogP) is 2.51. The summed E-state index contributed by atoms with van der Waals surface area (Å²) >= 11 is 0. The first-order valence-corrected chi connectivity index (χ1v) is 7.93. The van der Waals surface area contributed by atoms with E-state index in [4.69, 9.17) is 0 Å². The lowest BCUT2D eigenvalue weighted by molar-refractivity contribution is -0.122. The molecule has 0 atom stereocenters. The van der Waals surface area contributed by atoms with Crippen LogP contribution in [0.4, 0.5) is 0 Å². The van der Waals surface area contributed by atoms with Gasteiger partial charge in [-0.1, -0.05) is 30.3 Å². The summed E-state index contributed by atoms with van der Waals surface area (Å²) in [6, 6.07) is 14.1. The molecule has 116 valence electrons. The van der Waals surface area contributed by atoms with Gasteiger partial charge in [-0.05, 0) is 30.5 Å². The quantitative estimate of drug-likeness (QED) is 0.788. The Morgan fingerprint density at radius 1 is 1.17 bits per heavy atom. The third-order valence-corrected chi connectivity index (χ3v) is 4.14. The van der Waals surface area contributed by atoms with Crippen LogP contribution in [0.5, 0.6) is 0 Å². The maximum atomic E-state index is 11.9. The molecule has 0 radical (unpaired) electrons. The summed E-state index contributed by atoms with van der Waals surface area (Å²) in [6.07, 6.45) is 3.79. The van der Waals surface area contributed by atoms with Gasteiger partial charge in [-0.2, -0.15) is 0 Å². The van der Waals surface area contributed by atoms with Gasteiger partial charge < -0.3 is 9.88 Å².